The maximum Gasteiger partial charge on any atom is 0.256 e. The molecule has 2 N–H and O–H groups in total. The minimum Gasteiger partial charge on any atom is -0.497 e. The highest BCUT2D eigenvalue weighted by atomic mass is 16.5. The Morgan fingerprint density at radius 3 is 1.45 bits per heavy atom. The van der Waals surface area contributed by atoms with E-state index in [9.17, 15) is 9.59 Å². The monoisotopic (exact) mass is 756 g/mol. The molecule has 0 atom stereocenters. The molecular weight excluding hydrogens is 697 g/mol. The zero-order valence-electron chi connectivity index (χ0n) is 35.4. The fraction of sp³-hybridized carbons (Fsp3) is 0.388. The molecular formula is C49H60N2O5. The SMILES string of the molecule is CCCCc1ccc2c(c1)/C(=C/c1cc(C(C)C)c(OC)c(C(C)C)c1)C(=O)N2.COc1ccc2c(c1)NC(=O)/C2=C\c1cc(C(C)C)c(OC)c(C(C)C)c1. The van der Waals surface area contributed by atoms with Gasteiger partial charge in [-0.3, -0.25) is 9.59 Å². The first kappa shape index (κ1) is 41.9. The second-order valence-electron chi connectivity index (χ2n) is 16.0. The van der Waals surface area contributed by atoms with E-state index in [0.717, 1.165) is 80.4 Å². The van der Waals surface area contributed by atoms with Crippen LogP contribution in [0.25, 0.3) is 23.3 Å². The lowest BCUT2D eigenvalue weighted by atomic mass is 9.90. The minimum atomic E-state index is -0.0914. The first-order valence-electron chi connectivity index (χ1n) is 20.0. The van der Waals surface area contributed by atoms with Crippen LogP contribution in [0.3, 0.4) is 0 Å². The number of fused-ring (bicyclic) bond motifs is 2. The van der Waals surface area contributed by atoms with Gasteiger partial charge < -0.3 is 24.8 Å². The Bertz CT molecular complexity index is 2100. The Hall–Kier alpha value is -5.30. The van der Waals surface area contributed by atoms with E-state index in [1.165, 1.54) is 23.1 Å². The number of hydrogen-bond donors (Lipinski definition) is 2. The topological polar surface area (TPSA) is 85.9 Å². The number of unbranched alkanes of at least 4 members (excludes halogenated alkanes) is 1. The van der Waals surface area contributed by atoms with Crippen LogP contribution in [0, 0.1) is 0 Å². The number of carbonyl (C=O) groups is 2. The molecule has 0 fully saturated rings. The van der Waals surface area contributed by atoms with E-state index in [4.69, 9.17) is 14.2 Å². The van der Waals surface area contributed by atoms with Crippen molar-refractivity contribution in [3.05, 3.63) is 111 Å². The van der Waals surface area contributed by atoms with Gasteiger partial charge in [0.15, 0.2) is 0 Å². The maximum absolute atomic E-state index is 12.7. The van der Waals surface area contributed by atoms with Crippen LogP contribution in [0.1, 0.15) is 149 Å². The van der Waals surface area contributed by atoms with Crippen molar-refractivity contribution in [2.75, 3.05) is 32.0 Å². The van der Waals surface area contributed by atoms with E-state index in [1.807, 2.05) is 36.4 Å². The van der Waals surface area contributed by atoms with Crippen molar-refractivity contribution in [1.82, 2.24) is 0 Å². The van der Waals surface area contributed by atoms with Crippen molar-refractivity contribution in [3.8, 4) is 17.2 Å². The Labute approximate surface area is 334 Å². The molecule has 0 aliphatic carbocycles. The third kappa shape index (κ3) is 9.04. The molecule has 296 valence electrons. The molecule has 2 aliphatic heterocycles. The highest BCUT2D eigenvalue weighted by Gasteiger charge is 2.27. The van der Waals surface area contributed by atoms with Gasteiger partial charge in [-0.2, -0.15) is 0 Å². The number of nitrogens with one attached hydrogen (secondary N) is 2. The van der Waals surface area contributed by atoms with Gasteiger partial charge >= 0.3 is 0 Å². The molecule has 6 rings (SSSR count). The van der Waals surface area contributed by atoms with Crippen LogP contribution in [-0.4, -0.2) is 33.1 Å². The van der Waals surface area contributed by atoms with E-state index < -0.39 is 0 Å². The van der Waals surface area contributed by atoms with Crippen LogP contribution >= 0.6 is 0 Å². The lowest BCUT2D eigenvalue weighted by molar-refractivity contribution is -0.111. The van der Waals surface area contributed by atoms with Gasteiger partial charge in [0.1, 0.15) is 17.2 Å². The molecule has 56 heavy (non-hydrogen) atoms. The summed E-state index contributed by atoms with van der Waals surface area (Å²) in [4.78, 5) is 25.3. The maximum atomic E-state index is 12.7. The van der Waals surface area contributed by atoms with E-state index in [0.29, 0.717) is 29.2 Å². The summed E-state index contributed by atoms with van der Waals surface area (Å²) in [5, 5.41) is 5.94. The summed E-state index contributed by atoms with van der Waals surface area (Å²) in [5.74, 6) is 3.85. The number of rotatable bonds is 12. The molecule has 0 saturated heterocycles. The zero-order valence-corrected chi connectivity index (χ0v) is 35.4. The number of anilines is 2. The minimum absolute atomic E-state index is 0.0272. The van der Waals surface area contributed by atoms with Crippen molar-refractivity contribution in [2.24, 2.45) is 0 Å². The van der Waals surface area contributed by atoms with Crippen LogP contribution in [0.5, 0.6) is 17.2 Å². The first-order valence-corrected chi connectivity index (χ1v) is 20.0. The smallest absolute Gasteiger partial charge is 0.256 e. The van der Waals surface area contributed by atoms with Gasteiger partial charge in [-0.1, -0.05) is 74.8 Å². The predicted molar refractivity (Wildman–Crippen MR) is 233 cm³/mol. The van der Waals surface area contributed by atoms with E-state index in [1.54, 1.807) is 21.3 Å². The van der Waals surface area contributed by atoms with Crippen molar-refractivity contribution in [1.29, 1.82) is 0 Å². The third-order valence-corrected chi connectivity index (χ3v) is 10.6. The Balaban J connectivity index is 0.000000215. The van der Waals surface area contributed by atoms with Crippen LogP contribution in [0.4, 0.5) is 11.4 Å². The van der Waals surface area contributed by atoms with Crippen LogP contribution < -0.4 is 24.8 Å². The molecule has 2 aliphatic rings. The van der Waals surface area contributed by atoms with Crippen LogP contribution in [-0.2, 0) is 16.0 Å². The molecule has 0 spiro atoms. The molecule has 2 heterocycles. The Kier molecular flexibility index (Phi) is 13.5. The highest BCUT2D eigenvalue weighted by Crippen LogP contribution is 2.41. The summed E-state index contributed by atoms with van der Waals surface area (Å²) >= 11 is 0. The number of carbonyl (C=O) groups excluding carboxylic acids is 2. The van der Waals surface area contributed by atoms with Crippen molar-refractivity contribution in [3.63, 3.8) is 0 Å². The number of amides is 2. The summed E-state index contributed by atoms with van der Waals surface area (Å²) in [5.41, 5.74) is 13.0. The fourth-order valence-corrected chi connectivity index (χ4v) is 7.44. The summed E-state index contributed by atoms with van der Waals surface area (Å²) in [6, 6.07) is 20.5. The van der Waals surface area contributed by atoms with Gasteiger partial charge in [-0.15, -0.1) is 0 Å². The normalized spacial score (nSPS) is 14.6. The van der Waals surface area contributed by atoms with Gasteiger partial charge in [0.05, 0.1) is 27.0 Å². The van der Waals surface area contributed by atoms with E-state index >= 15 is 0 Å². The quantitative estimate of drug-likeness (QED) is 0.141. The number of hydrogen-bond acceptors (Lipinski definition) is 5. The number of ether oxygens (including phenoxy) is 3. The highest BCUT2D eigenvalue weighted by molar-refractivity contribution is 6.35. The van der Waals surface area contributed by atoms with Gasteiger partial charge in [0.25, 0.3) is 11.8 Å². The van der Waals surface area contributed by atoms with Gasteiger partial charge in [-0.05, 0) is 136 Å². The summed E-state index contributed by atoms with van der Waals surface area (Å²) in [6.07, 6.45) is 7.36. The second-order valence-corrected chi connectivity index (χ2v) is 16.0. The Morgan fingerprint density at radius 2 is 1.02 bits per heavy atom. The third-order valence-electron chi connectivity index (χ3n) is 10.6. The van der Waals surface area contributed by atoms with E-state index in [-0.39, 0.29) is 11.8 Å². The molecule has 0 bridgehead atoms. The molecule has 0 radical (unpaired) electrons. The van der Waals surface area contributed by atoms with Gasteiger partial charge in [0.2, 0.25) is 0 Å². The van der Waals surface area contributed by atoms with Gasteiger partial charge in [-0.25, -0.2) is 0 Å². The zero-order chi connectivity index (χ0) is 40.8. The molecule has 0 aromatic heterocycles. The van der Waals surface area contributed by atoms with Crippen molar-refractivity contribution in [2.45, 2.75) is 105 Å². The largest absolute Gasteiger partial charge is 0.497 e. The number of methoxy groups -OCH3 is 3. The standard InChI is InChI=1S/C26H33NO2.C23H27NO3/c1-7-8-9-18-10-11-24-22(12-18)23(26(28)27-24)15-19-13-20(16(2)3)25(29-6)21(14-19)17(4)5;1-13(2)18-9-15(10-19(14(3)4)22(18)27-6)11-20-17-8-7-16(26-5)12-21(17)24-23(20)25/h10-17H,7-9H2,1-6H3,(H,27,28);7-14H,1-6H3,(H,24,25)/b23-15-;20-11-. The lowest BCUT2D eigenvalue weighted by Crippen LogP contribution is -2.04. The van der Waals surface area contributed by atoms with Crippen LogP contribution in [0.2, 0.25) is 0 Å². The van der Waals surface area contributed by atoms with Gasteiger partial charge in [0, 0.05) is 34.0 Å². The Morgan fingerprint density at radius 1 is 0.554 bits per heavy atom. The molecule has 2 amide bonds. The second kappa shape index (κ2) is 18.1. The number of aryl methyl sites for hydroxylation is 1. The lowest BCUT2D eigenvalue weighted by Gasteiger charge is -2.19. The molecule has 0 unspecified atom stereocenters. The molecule has 0 saturated carbocycles. The fourth-order valence-electron chi connectivity index (χ4n) is 7.44. The summed E-state index contributed by atoms with van der Waals surface area (Å²) < 4.78 is 16.7. The molecule has 7 heteroatoms. The number of benzene rings is 4. The van der Waals surface area contributed by atoms with Crippen LogP contribution in [0.15, 0.2) is 60.7 Å². The van der Waals surface area contributed by atoms with Crippen molar-refractivity contribution >= 4 is 46.5 Å². The van der Waals surface area contributed by atoms with E-state index in [2.05, 4.69) is 109 Å². The average Bonchev–Trinajstić information content (AvgIpc) is 3.65. The summed E-state index contributed by atoms with van der Waals surface area (Å²) in [7, 11) is 5.08. The average molecular weight is 757 g/mol. The predicted octanol–water partition coefficient (Wildman–Crippen LogP) is 12.2. The first-order chi connectivity index (χ1) is 26.7. The summed E-state index contributed by atoms with van der Waals surface area (Å²) in [6.45, 7) is 19.5. The van der Waals surface area contributed by atoms with Crippen molar-refractivity contribution < 1.29 is 23.8 Å². The molecule has 4 aromatic carbocycles. The molecule has 7 nitrogen and oxygen atoms in total. The molecule has 4 aromatic rings.